The van der Waals surface area contributed by atoms with E-state index in [1.54, 1.807) is 29.3 Å². The van der Waals surface area contributed by atoms with Gasteiger partial charge in [0.15, 0.2) is 0 Å². The van der Waals surface area contributed by atoms with Crippen LogP contribution in [-0.4, -0.2) is 45.5 Å². The van der Waals surface area contributed by atoms with E-state index >= 15 is 0 Å². The summed E-state index contributed by atoms with van der Waals surface area (Å²) in [6.07, 6.45) is 5.00. The van der Waals surface area contributed by atoms with Gasteiger partial charge in [-0.3, -0.25) is 4.79 Å². The first kappa shape index (κ1) is 19.1. The number of aromatic nitrogens is 3. The average molecular weight is 394 g/mol. The Hall–Kier alpha value is -3.22. The summed E-state index contributed by atoms with van der Waals surface area (Å²) < 4.78 is 18.8. The molecule has 4 rings (SSSR count). The topological polar surface area (TPSA) is 60.3 Å². The minimum absolute atomic E-state index is 0.0194. The van der Waals surface area contributed by atoms with E-state index in [0.717, 1.165) is 24.2 Å². The molecule has 0 spiro atoms. The van der Waals surface area contributed by atoms with Crippen LogP contribution in [0.1, 0.15) is 34.7 Å². The average Bonchev–Trinajstić information content (AvgIpc) is 3.44. The van der Waals surface area contributed by atoms with E-state index in [2.05, 4.69) is 10.2 Å². The second kappa shape index (κ2) is 8.86. The van der Waals surface area contributed by atoms with Crippen LogP contribution < -0.4 is 4.74 Å². The molecule has 7 heteroatoms. The van der Waals surface area contributed by atoms with Crippen molar-refractivity contribution in [3.63, 3.8) is 0 Å². The fourth-order valence-electron chi connectivity index (χ4n) is 3.58. The zero-order valence-electron chi connectivity index (χ0n) is 16.1. The number of ether oxygens (including phenoxy) is 1. The van der Waals surface area contributed by atoms with Crippen molar-refractivity contribution in [3.05, 3.63) is 77.9 Å². The van der Waals surface area contributed by atoms with Gasteiger partial charge >= 0.3 is 0 Å². The minimum atomic E-state index is -0.236. The number of aryl methyl sites for hydroxylation is 1. The molecule has 2 aromatic carbocycles. The molecular weight excluding hydrogens is 371 g/mol. The molecule has 1 amide bonds. The van der Waals surface area contributed by atoms with Gasteiger partial charge in [-0.1, -0.05) is 12.1 Å². The van der Waals surface area contributed by atoms with E-state index in [1.165, 1.54) is 12.1 Å². The van der Waals surface area contributed by atoms with Gasteiger partial charge in [-0.15, -0.1) is 0 Å². The lowest BCUT2D eigenvalue weighted by molar-refractivity contribution is 0.0790. The molecule has 1 aromatic heterocycles. The van der Waals surface area contributed by atoms with Crippen molar-refractivity contribution >= 4 is 5.91 Å². The van der Waals surface area contributed by atoms with Gasteiger partial charge in [-0.25, -0.2) is 4.39 Å². The molecule has 0 bridgehead atoms. The second-order valence-corrected chi connectivity index (χ2v) is 7.14. The molecule has 3 aromatic rings. The summed E-state index contributed by atoms with van der Waals surface area (Å²) in [5, 5.41) is 8.10. The van der Waals surface area contributed by atoms with Gasteiger partial charge in [-0.05, 0) is 48.4 Å². The van der Waals surface area contributed by atoms with Gasteiger partial charge in [0.05, 0.1) is 25.5 Å². The summed E-state index contributed by atoms with van der Waals surface area (Å²) in [5.41, 5.74) is 1.73. The molecule has 6 nitrogen and oxygen atoms in total. The molecule has 1 saturated heterocycles. The summed E-state index contributed by atoms with van der Waals surface area (Å²) in [6, 6.07) is 13.8. The van der Waals surface area contributed by atoms with Crippen LogP contribution in [0.5, 0.6) is 5.75 Å². The Balaban J connectivity index is 1.27. The van der Waals surface area contributed by atoms with E-state index in [9.17, 15) is 9.18 Å². The third kappa shape index (κ3) is 4.80. The van der Waals surface area contributed by atoms with Gasteiger partial charge in [0.1, 0.15) is 11.6 Å². The SMILES string of the molecule is O=C(c1ccc(OCCCn2nccn2)cc1)N1CC[C@H](c2ccc(F)cc2)C1. The van der Waals surface area contributed by atoms with Crippen LogP contribution in [0.15, 0.2) is 60.9 Å². The molecule has 1 aliphatic heterocycles. The van der Waals surface area contributed by atoms with Crippen LogP contribution in [0.4, 0.5) is 4.39 Å². The predicted molar refractivity (Wildman–Crippen MR) is 106 cm³/mol. The summed E-state index contributed by atoms with van der Waals surface area (Å²) >= 11 is 0. The van der Waals surface area contributed by atoms with Gasteiger partial charge < -0.3 is 9.64 Å². The van der Waals surface area contributed by atoms with Crippen LogP contribution in [0, 0.1) is 5.82 Å². The van der Waals surface area contributed by atoms with Crippen molar-refractivity contribution in [1.29, 1.82) is 0 Å². The predicted octanol–water partition coefficient (Wildman–Crippen LogP) is 3.52. The van der Waals surface area contributed by atoms with Gasteiger partial charge in [-0.2, -0.15) is 15.0 Å². The lowest BCUT2D eigenvalue weighted by Gasteiger charge is -2.17. The normalized spacial score (nSPS) is 16.2. The molecule has 1 fully saturated rings. The number of carbonyl (C=O) groups excluding carboxylic acids is 1. The Kier molecular flexibility index (Phi) is 5.84. The van der Waals surface area contributed by atoms with E-state index in [0.29, 0.717) is 31.8 Å². The highest BCUT2D eigenvalue weighted by atomic mass is 19.1. The number of carbonyl (C=O) groups is 1. The molecule has 0 unspecified atom stereocenters. The number of likely N-dealkylation sites (tertiary alicyclic amines) is 1. The molecule has 150 valence electrons. The lowest BCUT2D eigenvalue weighted by Crippen LogP contribution is -2.28. The van der Waals surface area contributed by atoms with Crippen LogP contribution in [0.25, 0.3) is 0 Å². The first-order valence-corrected chi connectivity index (χ1v) is 9.81. The summed E-state index contributed by atoms with van der Waals surface area (Å²) in [5.74, 6) is 0.776. The zero-order valence-corrected chi connectivity index (χ0v) is 16.1. The van der Waals surface area contributed by atoms with Gasteiger partial charge in [0.2, 0.25) is 0 Å². The highest BCUT2D eigenvalue weighted by molar-refractivity contribution is 5.94. The Morgan fingerprint density at radius 3 is 2.52 bits per heavy atom. The highest BCUT2D eigenvalue weighted by Gasteiger charge is 2.27. The van der Waals surface area contributed by atoms with Crippen molar-refractivity contribution < 1.29 is 13.9 Å². The number of nitrogens with zero attached hydrogens (tertiary/aromatic N) is 4. The van der Waals surface area contributed by atoms with Crippen molar-refractivity contribution in [2.75, 3.05) is 19.7 Å². The van der Waals surface area contributed by atoms with Crippen molar-refractivity contribution in [2.24, 2.45) is 0 Å². The van der Waals surface area contributed by atoms with Crippen LogP contribution in [-0.2, 0) is 6.54 Å². The van der Waals surface area contributed by atoms with Crippen molar-refractivity contribution in [3.8, 4) is 5.75 Å². The quantitative estimate of drug-likeness (QED) is 0.576. The molecule has 0 radical (unpaired) electrons. The summed E-state index contributed by atoms with van der Waals surface area (Å²) in [7, 11) is 0. The lowest BCUT2D eigenvalue weighted by atomic mass is 9.99. The number of benzene rings is 2. The van der Waals surface area contributed by atoms with Crippen LogP contribution >= 0.6 is 0 Å². The van der Waals surface area contributed by atoms with Crippen molar-refractivity contribution in [2.45, 2.75) is 25.3 Å². The van der Waals surface area contributed by atoms with E-state index in [1.807, 2.05) is 29.2 Å². The number of rotatable bonds is 7. The van der Waals surface area contributed by atoms with Crippen LogP contribution in [0.3, 0.4) is 0 Å². The maximum atomic E-state index is 13.1. The molecular formula is C22H23FN4O2. The Morgan fingerprint density at radius 2 is 1.79 bits per heavy atom. The molecule has 1 aliphatic rings. The first-order valence-electron chi connectivity index (χ1n) is 9.81. The van der Waals surface area contributed by atoms with Crippen LogP contribution in [0.2, 0.25) is 0 Å². The smallest absolute Gasteiger partial charge is 0.253 e. The Bertz CT molecular complexity index is 926. The van der Waals surface area contributed by atoms with Gasteiger partial charge in [0, 0.05) is 31.0 Å². The molecule has 2 heterocycles. The fourth-order valence-corrected chi connectivity index (χ4v) is 3.58. The molecule has 0 N–H and O–H groups in total. The maximum Gasteiger partial charge on any atom is 0.253 e. The maximum absolute atomic E-state index is 13.1. The molecule has 0 aliphatic carbocycles. The third-order valence-corrected chi connectivity index (χ3v) is 5.16. The molecule has 0 saturated carbocycles. The third-order valence-electron chi connectivity index (χ3n) is 5.16. The number of hydrogen-bond donors (Lipinski definition) is 0. The standard InChI is InChI=1S/C22H23FN4O2/c23-20-6-2-17(3-7-20)19-10-14-26(16-19)22(28)18-4-8-21(9-5-18)29-15-1-13-27-24-11-12-25-27/h2-9,11-12,19H,1,10,13-16H2/t19-/m0/s1. The first-order chi connectivity index (χ1) is 14.2. The fraction of sp³-hybridized carbons (Fsp3) is 0.318. The largest absolute Gasteiger partial charge is 0.494 e. The Morgan fingerprint density at radius 1 is 1.07 bits per heavy atom. The van der Waals surface area contributed by atoms with E-state index < -0.39 is 0 Å². The second-order valence-electron chi connectivity index (χ2n) is 7.14. The van der Waals surface area contributed by atoms with Crippen molar-refractivity contribution in [1.82, 2.24) is 19.9 Å². The highest BCUT2D eigenvalue weighted by Crippen LogP contribution is 2.28. The molecule has 1 atom stereocenters. The Labute approximate surface area is 168 Å². The monoisotopic (exact) mass is 394 g/mol. The van der Waals surface area contributed by atoms with Gasteiger partial charge in [0.25, 0.3) is 5.91 Å². The van der Waals surface area contributed by atoms with E-state index in [-0.39, 0.29) is 17.6 Å². The van der Waals surface area contributed by atoms with E-state index in [4.69, 9.17) is 4.74 Å². The number of amides is 1. The summed E-state index contributed by atoms with van der Waals surface area (Å²) in [4.78, 5) is 16.3. The minimum Gasteiger partial charge on any atom is -0.494 e. The number of hydrogen-bond acceptors (Lipinski definition) is 4. The summed E-state index contributed by atoms with van der Waals surface area (Å²) in [6.45, 7) is 2.62. The molecule has 29 heavy (non-hydrogen) atoms. The number of halogens is 1. The zero-order chi connectivity index (χ0) is 20.1.